The Balaban J connectivity index is 3.31. The highest BCUT2D eigenvalue weighted by Gasteiger charge is 2.18. The van der Waals surface area contributed by atoms with Crippen molar-refractivity contribution in [3.05, 3.63) is 24.3 Å². The minimum Gasteiger partial charge on any atom is -0.466 e. The molecule has 0 spiro atoms. The number of amides is 1. The van der Waals surface area contributed by atoms with Crippen LogP contribution in [0.1, 0.15) is 412 Å². The van der Waals surface area contributed by atoms with Crippen LogP contribution in [0, 0.1) is 0 Å². The van der Waals surface area contributed by atoms with Crippen LogP contribution in [-0.4, -0.2) is 47.4 Å². The molecule has 0 aliphatic carbocycles. The van der Waals surface area contributed by atoms with Crippen molar-refractivity contribution >= 4 is 11.9 Å². The first-order valence-electron chi connectivity index (χ1n) is 36.6. The van der Waals surface area contributed by atoms with Crippen LogP contribution in [0.15, 0.2) is 24.3 Å². The fourth-order valence-electron chi connectivity index (χ4n) is 11.6. The molecule has 3 N–H and O–H groups in total. The SMILES string of the molecule is CCCCCCCCCCC/C=C/C(O)C(CO)NC(=O)CCCCCCCCCCCCCCCCCCC/C=C\CCCCCCCCCCCCCCCCCCOC(=O)CCCCCCCCCCCCCCCCC. The number of aliphatic hydroxyl groups excluding tert-OH is 2. The van der Waals surface area contributed by atoms with Crippen molar-refractivity contribution in [3.8, 4) is 0 Å². The zero-order valence-corrected chi connectivity index (χ0v) is 54.3. The van der Waals surface area contributed by atoms with Crippen LogP contribution in [0.3, 0.4) is 0 Å². The number of aliphatic hydroxyl groups is 2. The van der Waals surface area contributed by atoms with Crippen molar-refractivity contribution in [1.29, 1.82) is 0 Å². The summed E-state index contributed by atoms with van der Waals surface area (Å²) in [6.45, 7) is 4.93. The molecule has 0 heterocycles. The van der Waals surface area contributed by atoms with E-state index in [4.69, 9.17) is 4.74 Å². The van der Waals surface area contributed by atoms with Gasteiger partial charge in [-0.1, -0.05) is 366 Å². The van der Waals surface area contributed by atoms with Crippen molar-refractivity contribution in [3.63, 3.8) is 0 Å². The van der Waals surface area contributed by atoms with Gasteiger partial charge in [0.2, 0.25) is 5.91 Å². The highest BCUT2D eigenvalue weighted by atomic mass is 16.5. The molecule has 0 bridgehead atoms. The predicted octanol–water partition coefficient (Wildman–Crippen LogP) is 23.7. The zero-order chi connectivity index (χ0) is 57.8. The Morgan fingerprint density at radius 2 is 0.588 bits per heavy atom. The average Bonchev–Trinajstić information content (AvgIpc) is 3.46. The van der Waals surface area contributed by atoms with Gasteiger partial charge >= 0.3 is 5.97 Å². The quantitative estimate of drug-likeness (QED) is 0.0320. The second kappa shape index (κ2) is 69.8. The zero-order valence-electron chi connectivity index (χ0n) is 54.3. The van der Waals surface area contributed by atoms with Gasteiger partial charge in [0.15, 0.2) is 0 Å². The molecule has 0 radical (unpaired) electrons. The third kappa shape index (κ3) is 65.5. The molecule has 474 valence electrons. The van der Waals surface area contributed by atoms with E-state index < -0.39 is 12.1 Å². The van der Waals surface area contributed by atoms with E-state index >= 15 is 0 Å². The molecule has 80 heavy (non-hydrogen) atoms. The number of allylic oxidation sites excluding steroid dienone is 3. The van der Waals surface area contributed by atoms with Gasteiger partial charge in [0.25, 0.3) is 0 Å². The molecule has 6 heteroatoms. The summed E-state index contributed by atoms with van der Waals surface area (Å²) in [5, 5.41) is 23.1. The predicted molar refractivity (Wildman–Crippen MR) is 352 cm³/mol. The van der Waals surface area contributed by atoms with Gasteiger partial charge in [0, 0.05) is 12.8 Å². The first kappa shape index (κ1) is 78.3. The normalized spacial score (nSPS) is 12.6. The molecule has 0 saturated heterocycles. The smallest absolute Gasteiger partial charge is 0.305 e. The van der Waals surface area contributed by atoms with Gasteiger partial charge in [-0.25, -0.2) is 0 Å². The van der Waals surface area contributed by atoms with Crippen molar-refractivity contribution in [2.75, 3.05) is 13.2 Å². The summed E-state index contributed by atoms with van der Waals surface area (Å²) in [4.78, 5) is 24.5. The number of unbranched alkanes of at least 4 members (excludes halogenated alkanes) is 56. The lowest BCUT2D eigenvalue weighted by molar-refractivity contribution is -0.143. The Hall–Kier alpha value is -1.66. The molecule has 2 atom stereocenters. The molecule has 1 amide bonds. The number of esters is 1. The van der Waals surface area contributed by atoms with E-state index in [2.05, 4.69) is 31.3 Å². The van der Waals surface area contributed by atoms with Crippen LogP contribution in [0.2, 0.25) is 0 Å². The molecular formula is C74H143NO5. The summed E-state index contributed by atoms with van der Waals surface area (Å²) in [5.41, 5.74) is 0. The number of ether oxygens (including phenoxy) is 1. The number of rotatable bonds is 69. The van der Waals surface area contributed by atoms with Crippen molar-refractivity contribution in [2.45, 2.75) is 424 Å². The van der Waals surface area contributed by atoms with Crippen LogP contribution in [0.5, 0.6) is 0 Å². The first-order chi connectivity index (χ1) is 39.5. The monoisotopic (exact) mass is 1130 g/mol. The summed E-state index contributed by atoms with van der Waals surface area (Å²) < 4.78 is 5.50. The fourth-order valence-corrected chi connectivity index (χ4v) is 11.6. The third-order valence-electron chi connectivity index (χ3n) is 17.2. The minimum absolute atomic E-state index is 0.0248. The van der Waals surface area contributed by atoms with Gasteiger partial charge in [-0.15, -0.1) is 0 Å². The highest BCUT2D eigenvalue weighted by Crippen LogP contribution is 2.19. The second-order valence-electron chi connectivity index (χ2n) is 25.3. The standard InChI is InChI=1S/C74H143NO5/c1-3-5-7-9-11-13-15-16-40-44-48-52-56-60-64-68-74(79)80-69-65-61-57-53-49-45-42-39-37-35-33-31-29-27-25-23-21-19-17-18-20-22-24-26-28-30-32-34-36-38-41-43-47-51-55-59-63-67-73(78)75-71(70-76)72(77)66-62-58-54-50-46-14-12-10-8-6-4-2/h17,19,62,66,71-72,76-77H,3-16,18,20-61,63-65,67-70H2,1-2H3,(H,75,78)/b19-17-,66-62+. The summed E-state index contributed by atoms with van der Waals surface area (Å²) in [6.07, 6.45) is 88.6. The Morgan fingerprint density at radius 3 is 0.887 bits per heavy atom. The summed E-state index contributed by atoms with van der Waals surface area (Å²) in [7, 11) is 0. The molecule has 0 aromatic heterocycles. The number of carbonyl (C=O) groups is 2. The number of hydrogen-bond donors (Lipinski definition) is 3. The van der Waals surface area contributed by atoms with Crippen molar-refractivity contribution in [1.82, 2.24) is 5.32 Å². The lowest BCUT2D eigenvalue weighted by Crippen LogP contribution is -2.45. The maximum Gasteiger partial charge on any atom is 0.305 e. The van der Waals surface area contributed by atoms with Gasteiger partial charge in [0.1, 0.15) is 0 Å². The molecular weight excluding hydrogens is 983 g/mol. The largest absolute Gasteiger partial charge is 0.466 e. The molecule has 6 nitrogen and oxygen atoms in total. The van der Waals surface area contributed by atoms with E-state index in [1.165, 1.54) is 347 Å². The second-order valence-corrected chi connectivity index (χ2v) is 25.3. The van der Waals surface area contributed by atoms with E-state index in [0.717, 1.165) is 38.5 Å². The summed E-state index contributed by atoms with van der Waals surface area (Å²) >= 11 is 0. The Morgan fingerprint density at radius 1 is 0.338 bits per heavy atom. The molecule has 0 aromatic rings. The van der Waals surface area contributed by atoms with Crippen LogP contribution < -0.4 is 5.32 Å². The van der Waals surface area contributed by atoms with Gasteiger partial charge in [-0.2, -0.15) is 0 Å². The Bertz CT molecular complexity index is 1250. The highest BCUT2D eigenvalue weighted by molar-refractivity contribution is 5.76. The van der Waals surface area contributed by atoms with Crippen LogP contribution >= 0.6 is 0 Å². The van der Waals surface area contributed by atoms with Gasteiger partial charge in [-0.05, 0) is 57.8 Å². The minimum atomic E-state index is -0.840. The maximum absolute atomic E-state index is 12.4. The molecule has 0 aromatic carbocycles. The van der Waals surface area contributed by atoms with Gasteiger partial charge < -0.3 is 20.3 Å². The van der Waals surface area contributed by atoms with E-state index in [1.54, 1.807) is 6.08 Å². The summed E-state index contributed by atoms with van der Waals surface area (Å²) in [6, 6.07) is -0.623. The molecule has 0 fully saturated rings. The Labute approximate surface area is 501 Å². The summed E-state index contributed by atoms with van der Waals surface area (Å²) in [5.74, 6) is -0.0387. The maximum atomic E-state index is 12.4. The van der Waals surface area contributed by atoms with Crippen molar-refractivity contribution < 1.29 is 24.5 Å². The molecule has 0 rings (SSSR count). The van der Waals surface area contributed by atoms with Gasteiger partial charge in [-0.3, -0.25) is 9.59 Å². The van der Waals surface area contributed by atoms with E-state index in [1.807, 2.05) is 6.08 Å². The van der Waals surface area contributed by atoms with Crippen LogP contribution in [-0.2, 0) is 14.3 Å². The van der Waals surface area contributed by atoms with Crippen LogP contribution in [0.4, 0.5) is 0 Å². The lowest BCUT2D eigenvalue weighted by Gasteiger charge is -2.20. The molecule has 0 aliphatic heterocycles. The van der Waals surface area contributed by atoms with E-state index in [-0.39, 0.29) is 18.5 Å². The number of carbonyl (C=O) groups excluding carboxylic acids is 2. The Kier molecular flexibility index (Phi) is 68.4. The number of nitrogens with one attached hydrogen (secondary N) is 1. The first-order valence-corrected chi connectivity index (χ1v) is 36.6. The molecule has 2 unspecified atom stereocenters. The van der Waals surface area contributed by atoms with E-state index in [0.29, 0.717) is 19.4 Å². The van der Waals surface area contributed by atoms with E-state index in [9.17, 15) is 19.8 Å². The van der Waals surface area contributed by atoms with Crippen molar-refractivity contribution in [2.24, 2.45) is 0 Å². The molecule has 0 saturated carbocycles. The number of hydrogen-bond acceptors (Lipinski definition) is 5. The average molecular weight is 1130 g/mol. The lowest BCUT2D eigenvalue weighted by atomic mass is 10.0. The topological polar surface area (TPSA) is 95.9 Å². The third-order valence-corrected chi connectivity index (χ3v) is 17.2. The fraction of sp³-hybridized carbons (Fsp3) is 0.919. The molecule has 0 aliphatic rings. The van der Waals surface area contributed by atoms with Crippen LogP contribution in [0.25, 0.3) is 0 Å². The van der Waals surface area contributed by atoms with Gasteiger partial charge in [0.05, 0.1) is 25.4 Å².